The van der Waals surface area contributed by atoms with Gasteiger partial charge in [0, 0.05) is 19.0 Å². The Morgan fingerprint density at radius 2 is 2.00 bits per heavy atom. The largest absolute Gasteiger partial charge is 0.389 e. The lowest BCUT2D eigenvalue weighted by atomic mass is 9.92. The number of amides is 1. The molecule has 0 bridgehead atoms. The standard InChI is InChI=1S/C16H31N3O3/c1-16(2,3)8-14(20)18-9-13-15(21)12(10-22-13)19-11-4-6-17-7-5-11/h11-13,15,17,19,21H,4-10H2,1-3H3,(H,18,20). The molecule has 2 fully saturated rings. The molecule has 2 aliphatic rings. The molecule has 4 N–H and O–H groups in total. The number of aliphatic hydroxyl groups excluding tert-OH is 1. The van der Waals surface area contributed by atoms with Crippen molar-refractivity contribution in [1.82, 2.24) is 16.0 Å². The Kier molecular flexibility index (Phi) is 6.20. The molecule has 0 radical (unpaired) electrons. The second kappa shape index (κ2) is 7.73. The molecule has 0 aromatic heterocycles. The number of ether oxygens (including phenoxy) is 1. The Hall–Kier alpha value is -0.690. The van der Waals surface area contributed by atoms with Gasteiger partial charge in [-0.25, -0.2) is 0 Å². The van der Waals surface area contributed by atoms with E-state index in [4.69, 9.17) is 4.74 Å². The van der Waals surface area contributed by atoms with Crippen LogP contribution in [0.3, 0.4) is 0 Å². The summed E-state index contributed by atoms with van der Waals surface area (Å²) in [4.78, 5) is 11.8. The zero-order valence-corrected chi connectivity index (χ0v) is 14.0. The third-order valence-electron chi connectivity index (χ3n) is 4.26. The molecule has 0 spiro atoms. The van der Waals surface area contributed by atoms with Gasteiger partial charge in [-0.05, 0) is 31.3 Å². The van der Waals surface area contributed by atoms with Crippen LogP contribution in [0, 0.1) is 5.41 Å². The lowest BCUT2D eigenvalue weighted by Crippen LogP contribution is -2.50. The van der Waals surface area contributed by atoms with E-state index in [1.807, 2.05) is 20.8 Å². The fourth-order valence-electron chi connectivity index (χ4n) is 3.06. The van der Waals surface area contributed by atoms with Crippen molar-refractivity contribution in [2.75, 3.05) is 26.2 Å². The maximum absolute atomic E-state index is 11.8. The van der Waals surface area contributed by atoms with Crippen molar-refractivity contribution in [2.24, 2.45) is 5.41 Å². The maximum Gasteiger partial charge on any atom is 0.220 e. The molecule has 3 atom stereocenters. The normalized spacial score (nSPS) is 30.5. The smallest absolute Gasteiger partial charge is 0.220 e. The van der Waals surface area contributed by atoms with Gasteiger partial charge in [-0.15, -0.1) is 0 Å². The number of hydrogen-bond donors (Lipinski definition) is 4. The van der Waals surface area contributed by atoms with E-state index in [1.165, 1.54) is 0 Å². The van der Waals surface area contributed by atoms with E-state index in [1.54, 1.807) is 0 Å². The van der Waals surface area contributed by atoms with Crippen LogP contribution in [-0.2, 0) is 9.53 Å². The van der Waals surface area contributed by atoms with Crippen LogP contribution in [0.1, 0.15) is 40.0 Å². The van der Waals surface area contributed by atoms with Crippen LogP contribution in [0.4, 0.5) is 0 Å². The van der Waals surface area contributed by atoms with Gasteiger partial charge < -0.3 is 25.8 Å². The quantitative estimate of drug-likeness (QED) is 0.575. The first kappa shape index (κ1) is 17.7. The van der Waals surface area contributed by atoms with Crippen molar-refractivity contribution in [3.8, 4) is 0 Å². The molecular weight excluding hydrogens is 282 g/mol. The van der Waals surface area contributed by atoms with E-state index in [9.17, 15) is 9.90 Å². The Balaban J connectivity index is 1.71. The number of hydrogen-bond acceptors (Lipinski definition) is 5. The molecule has 128 valence electrons. The molecule has 3 unspecified atom stereocenters. The topological polar surface area (TPSA) is 82.6 Å². The van der Waals surface area contributed by atoms with Crippen molar-refractivity contribution in [3.63, 3.8) is 0 Å². The highest BCUT2D eigenvalue weighted by Crippen LogP contribution is 2.19. The van der Waals surface area contributed by atoms with E-state index in [2.05, 4.69) is 16.0 Å². The molecule has 0 saturated carbocycles. The Labute approximate surface area is 133 Å². The molecule has 22 heavy (non-hydrogen) atoms. The van der Waals surface area contributed by atoms with Crippen molar-refractivity contribution in [2.45, 2.75) is 64.3 Å². The van der Waals surface area contributed by atoms with Crippen LogP contribution in [0.5, 0.6) is 0 Å². The van der Waals surface area contributed by atoms with Crippen LogP contribution in [0.2, 0.25) is 0 Å². The zero-order valence-electron chi connectivity index (χ0n) is 14.0. The Morgan fingerprint density at radius 1 is 1.32 bits per heavy atom. The lowest BCUT2D eigenvalue weighted by molar-refractivity contribution is -0.123. The fraction of sp³-hybridized carbons (Fsp3) is 0.938. The number of carbonyl (C=O) groups is 1. The highest BCUT2D eigenvalue weighted by molar-refractivity contribution is 5.76. The summed E-state index contributed by atoms with van der Waals surface area (Å²) in [7, 11) is 0. The van der Waals surface area contributed by atoms with Gasteiger partial charge in [0.1, 0.15) is 6.10 Å². The summed E-state index contributed by atoms with van der Waals surface area (Å²) in [5, 5.41) is 20.1. The number of piperidine rings is 1. The number of carbonyl (C=O) groups excluding carboxylic acids is 1. The van der Waals surface area contributed by atoms with Crippen LogP contribution in [0.15, 0.2) is 0 Å². The summed E-state index contributed by atoms with van der Waals surface area (Å²) < 4.78 is 5.66. The van der Waals surface area contributed by atoms with Crippen LogP contribution in [-0.4, -0.2) is 61.5 Å². The predicted octanol–water partition coefficient (Wildman–Crippen LogP) is 0.00870. The number of aliphatic hydroxyl groups is 1. The Morgan fingerprint density at radius 3 is 2.64 bits per heavy atom. The van der Waals surface area contributed by atoms with E-state index >= 15 is 0 Å². The first-order valence-corrected chi connectivity index (χ1v) is 8.38. The van der Waals surface area contributed by atoms with Gasteiger partial charge in [0.25, 0.3) is 0 Å². The third kappa shape index (κ3) is 5.50. The van der Waals surface area contributed by atoms with E-state index < -0.39 is 6.10 Å². The monoisotopic (exact) mass is 313 g/mol. The molecule has 2 saturated heterocycles. The minimum absolute atomic E-state index is 0.0121. The minimum atomic E-state index is -0.565. The third-order valence-corrected chi connectivity index (χ3v) is 4.26. The SMILES string of the molecule is CC(C)(C)CC(=O)NCC1OCC(NC2CCNCC2)C1O. The summed E-state index contributed by atoms with van der Waals surface area (Å²) in [6, 6.07) is 0.409. The van der Waals surface area contributed by atoms with Crippen molar-refractivity contribution in [3.05, 3.63) is 0 Å². The van der Waals surface area contributed by atoms with E-state index in [0.29, 0.717) is 25.6 Å². The molecule has 1 amide bonds. The van der Waals surface area contributed by atoms with Gasteiger partial charge in [0.15, 0.2) is 0 Å². The number of nitrogens with one attached hydrogen (secondary N) is 3. The maximum atomic E-state index is 11.8. The summed E-state index contributed by atoms with van der Waals surface area (Å²) in [6.07, 6.45) is 1.76. The van der Waals surface area contributed by atoms with Crippen LogP contribution in [0.25, 0.3) is 0 Å². The summed E-state index contributed by atoms with van der Waals surface area (Å²) >= 11 is 0. The molecule has 0 aromatic rings. The number of rotatable bonds is 5. The van der Waals surface area contributed by atoms with Gasteiger partial charge >= 0.3 is 0 Å². The fourth-order valence-corrected chi connectivity index (χ4v) is 3.06. The van der Waals surface area contributed by atoms with E-state index in [-0.39, 0.29) is 23.5 Å². The summed E-state index contributed by atoms with van der Waals surface area (Å²) in [6.45, 7) is 9.03. The van der Waals surface area contributed by atoms with Crippen molar-refractivity contribution >= 4 is 5.91 Å². The first-order chi connectivity index (χ1) is 10.3. The molecular formula is C16H31N3O3. The molecule has 6 nitrogen and oxygen atoms in total. The van der Waals surface area contributed by atoms with Gasteiger partial charge in [-0.1, -0.05) is 20.8 Å². The van der Waals surface area contributed by atoms with Gasteiger partial charge in [-0.3, -0.25) is 4.79 Å². The average molecular weight is 313 g/mol. The molecule has 2 rings (SSSR count). The minimum Gasteiger partial charge on any atom is -0.389 e. The van der Waals surface area contributed by atoms with Crippen LogP contribution < -0.4 is 16.0 Å². The molecule has 2 heterocycles. The van der Waals surface area contributed by atoms with Gasteiger partial charge in [-0.2, -0.15) is 0 Å². The summed E-state index contributed by atoms with van der Waals surface area (Å²) in [5.41, 5.74) is -0.0294. The Bertz CT molecular complexity index is 364. The second-order valence-corrected chi connectivity index (χ2v) is 7.70. The van der Waals surface area contributed by atoms with Gasteiger partial charge in [0.05, 0.1) is 18.8 Å². The summed E-state index contributed by atoms with van der Waals surface area (Å²) in [5.74, 6) is 0.0121. The highest BCUT2D eigenvalue weighted by atomic mass is 16.5. The predicted molar refractivity (Wildman–Crippen MR) is 85.6 cm³/mol. The molecule has 0 aliphatic carbocycles. The lowest BCUT2D eigenvalue weighted by Gasteiger charge is -2.28. The first-order valence-electron chi connectivity index (χ1n) is 8.38. The van der Waals surface area contributed by atoms with E-state index in [0.717, 1.165) is 25.9 Å². The highest BCUT2D eigenvalue weighted by Gasteiger charge is 2.37. The van der Waals surface area contributed by atoms with Crippen LogP contribution >= 0.6 is 0 Å². The zero-order chi connectivity index (χ0) is 16.2. The molecule has 2 aliphatic heterocycles. The molecule has 0 aromatic carbocycles. The van der Waals surface area contributed by atoms with Crippen molar-refractivity contribution in [1.29, 1.82) is 0 Å². The van der Waals surface area contributed by atoms with Crippen molar-refractivity contribution < 1.29 is 14.6 Å². The second-order valence-electron chi connectivity index (χ2n) is 7.70. The average Bonchev–Trinajstić information content (AvgIpc) is 2.77. The van der Waals surface area contributed by atoms with Gasteiger partial charge in [0.2, 0.25) is 5.91 Å². The molecule has 6 heteroatoms.